The number of aliphatic carboxylic acids is 2. The third kappa shape index (κ3) is 2.20. The molecule has 2 N–H and O–H groups in total. The molecule has 0 aromatic rings. The minimum absolute atomic E-state index is 0.275. The molecule has 4 nitrogen and oxygen atoms in total. The van der Waals surface area contributed by atoms with Crippen molar-refractivity contribution >= 4 is 11.9 Å². The van der Waals surface area contributed by atoms with Crippen LogP contribution in [0, 0.1) is 5.41 Å². The zero-order valence-corrected chi connectivity index (χ0v) is 8.04. The van der Waals surface area contributed by atoms with E-state index in [4.69, 9.17) is 10.2 Å². The van der Waals surface area contributed by atoms with Gasteiger partial charge >= 0.3 is 11.9 Å². The van der Waals surface area contributed by atoms with Crippen LogP contribution in [0.2, 0.25) is 0 Å². The van der Waals surface area contributed by atoms with Crippen LogP contribution in [0.3, 0.4) is 0 Å². The summed E-state index contributed by atoms with van der Waals surface area (Å²) >= 11 is 0. The van der Waals surface area contributed by atoms with Gasteiger partial charge in [0.05, 0.1) is 0 Å². The Morgan fingerprint density at radius 2 is 1.31 bits per heavy atom. The lowest BCUT2D eigenvalue weighted by atomic mass is 9.87. The van der Waals surface area contributed by atoms with Crippen molar-refractivity contribution in [2.45, 2.75) is 39.5 Å². The van der Waals surface area contributed by atoms with E-state index in [0.29, 0.717) is 12.8 Å². The van der Waals surface area contributed by atoms with E-state index in [1.807, 2.05) is 13.8 Å². The fourth-order valence-corrected chi connectivity index (χ4v) is 1.50. The van der Waals surface area contributed by atoms with Crippen molar-refractivity contribution in [3.8, 4) is 0 Å². The molecule has 0 saturated heterocycles. The van der Waals surface area contributed by atoms with Crippen LogP contribution >= 0.6 is 0 Å². The summed E-state index contributed by atoms with van der Waals surface area (Å²) in [7, 11) is 0. The third-order valence-electron chi connectivity index (χ3n) is 2.28. The SMILES string of the molecule is CC.O=C(O)C1(C(=O)O)CCCC1. The fourth-order valence-electron chi connectivity index (χ4n) is 1.50. The molecule has 76 valence electrons. The molecule has 0 spiro atoms. The number of carboxylic acid groups (broad SMARTS) is 2. The Kier molecular flexibility index (Phi) is 4.45. The first kappa shape index (κ1) is 11.9. The van der Waals surface area contributed by atoms with Crippen molar-refractivity contribution in [2.75, 3.05) is 0 Å². The van der Waals surface area contributed by atoms with E-state index in [2.05, 4.69) is 0 Å². The van der Waals surface area contributed by atoms with E-state index in [9.17, 15) is 9.59 Å². The van der Waals surface area contributed by atoms with Gasteiger partial charge in [-0.25, -0.2) is 0 Å². The third-order valence-corrected chi connectivity index (χ3v) is 2.28. The van der Waals surface area contributed by atoms with Gasteiger partial charge in [-0.05, 0) is 12.8 Å². The highest BCUT2D eigenvalue weighted by molar-refractivity contribution is 5.98. The minimum Gasteiger partial charge on any atom is -0.480 e. The Hall–Kier alpha value is -1.06. The van der Waals surface area contributed by atoms with Crippen molar-refractivity contribution in [2.24, 2.45) is 5.41 Å². The largest absolute Gasteiger partial charge is 0.480 e. The number of carbonyl (C=O) groups is 2. The predicted molar refractivity (Wildman–Crippen MR) is 47.5 cm³/mol. The highest BCUT2D eigenvalue weighted by Gasteiger charge is 2.48. The van der Waals surface area contributed by atoms with Gasteiger partial charge in [0, 0.05) is 0 Å². The van der Waals surface area contributed by atoms with E-state index < -0.39 is 17.4 Å². The topological polar surface area (TPSA) is 74.6 Å². The van der Waals surface area contributed by atoms with Crippen molar-refractivity contribution in [3.63, 3.8) is 0 Å². The van der Waals surface area contributed by atoms with Gasteiger partial charge < -0.3 is 10.2 Å². The summed E-state index contributed by atoms with van der Waals surface area (Å²) in [4.78, 5) is 21.2. The molecule has 0 aliphatic heterocycles. The molecule has 1 fully saturated rings. The molecule has 1 aliphatic carbocycles. The second kappa shape index (κ2) is 4.84. The standard InChI is InChI=1S/C7H10O4.C2H6/c8-5(9)7(6(10)11)3-1-2-4-7;1-2/h1-4H2,(H,8,9)(H,10,11);1-2H3. The van der Waals surface area contributed by atoms with Gasteiger partial charge in [-0.1, -0.05) is 26.7 Å². The Balaban J connectivity index is 0.000000671. The van der Waals surface area contributed by atoms with Crippen LogP contribution in [0.15, 0.2) is 0 Å². The number of hydrogen-bond acceptors (Lipinski definition) is 2. The lowest BCUT2D eigenvalue weighted by Gasteiger charge is -2.16. The second-order valence-corrected chi connectivity index (χ2v) is 2.90. The van der Waals surface area contributed by atoms with Gasteiger partial charge in [0.2, 0.25) is 0 Å². The quantitative estimate of drug-likeness (QED) is 0.647. The Morgan fingerprint density at radius 1 is 1.00 bits per heavy atom. The smallest absolute Gasteiger partial charge is 0.321 e. The zero-order chi connectivity index (χ0) is 10.5. The van der Waals surface area contributed by atoms with Gasteiger partial charge in [-0.15, -0.1) is 0 Å². The van der Waals surface area contributed by atoms with Crippen molar-refractivity contribution in [1.82, 2.24) is 0 Å². The summed E-state index contributed by atoms with van der Waals surface area (Å²) in [5.41, 5.74) is -1.47. The van der Waals surface area contributed by atoms with E-state index >= 15 is 0 Å². The summed E-state index contributed by atoms with van der Waals surface area (Å²) in [5.74, 6) is -2.38. The highest BCUT2D eigenvalue weighted by Crippen LogP contribution is 2.38. The fraction of sp³-hybridized carbons (Fsp3) is 0.778. The van der Waals surface area contributed by atoms with Gasteiger partial charge in [-0.2, -0.15) is 0 Å². The Morgan fingerprint density at radius 3 is 1.46 bits per heavy atom. The normalized spacial score (nSPS) is 18.6. The maximum atomic E-state index is 10.6. The van der Waals surface area contributed by atoms with Crippen LogP contribution in [-0.4, -0.2) is 22.2 Å². The average molecular weight is 188 g/mol. The maximum Gasteiger partial charge on any atom is 0.321 e. The van der Waals surface area contributed by atoms with Gasteiger partial charge in [0.25, 0.3) is 0 Å². The Bertz CT molecular complexity index is 176. The highest BCUT2D eigenvalue weighted by atomic mass is 16.4. The van der Waals surface area contributed by atoms with Crippen molar-refractivity contribution in [1.29, 1.82) is 0 Å². The molecule has 0 bridgehead atoms. The van der Waals surface area contributed by atoms with Crippen LogP contribution in [0.5, 0.6) is 0 Å². The van der Waals surface area contributed by atoms with Gasteiger partial charge in [0.1, 0.15) is 0 Å². The average Bonchev–Trinajstić information content (AvgIpc) is 2.56. The van der Waals surface area contributed by atoms with E-state index in [1.54, 1.807) is 0 Å². The molecule has 0 radical (unpaired) electrons. The van der Waals surface area contributed by atoms with E-state index in [1.165, 1.54) is 0 Å². The zero-order valence-electron chi connectivity index (χ0n) is 8.04. The molecule has 1 saturated carbocycles. The van der Waals surface area contributed by atoms with Crippen LogP contribution in [0.25, 0.3) is 0 Å². The monoisotopic (exact) mass is 188 g/mol. The number of rotatable bonds is 2. The lowest BCUT2D eigenvalue weighted by molar-refractivity contribution is -0.164. The van der Waals surface area contributed by atoms with Gasteiger partial charge in [-0.3, -0.25) is 9.59 Å². The van der Waals surface area contributed by atoms with Crippen LogP contribution in [0.1, 0.15) is 39.5 Å². The molecular weight excluding hydrogens is 172 g/mol. The minimum atomic E-state index is -1.47. The molecule has 0 atom stereocenters. The second-order valence-electron chi connectivity index (χ2n) is 2.90. The van der Waals surface area contributed by atoms with Crippen molar-refractivity contribution < 1.29 is 19.8 Å². The predicted octanol–water partition coefficient (Wildman–Crippen LogP) is 1.74. The molecule has 1 aliphatic rings. The van der Waals surface area contributed by atoms with Gasteiger partial charge in [0.15, 0.2) is 5.41 Å². The summed E-state index contributed by atoms with van der Waals surface area (Å²) in [5, 5.41) is 17.3. The van der Waals surface area contributed by atoms with E-state index in [-0.39, 0.29) is 12.8 Å². The van der Waals surface area contributed by atoms with Crippen molar-refractivity contribution in [3.05, 3.63) is 0 Å². The Labute approximate surface area is 77.6 Å². The first-order valence-electron chi connectivity index (χ1n) is 4.56. The first-order valence-corrected chi connectivity index (χ1v) is 4.56. The number of hydrogen-bond donors (Lipinski definition) is 2. The molecule has 0 aromatic carbocycles. The molecule has 4 heteroatoms. The summed E-state index contributed by atoms with van der Waals surface area (Å²) in [6.07, 6.45) is 1.96. The van der Waals surface area contributed by atoms with Crippen LogP contribution in [-0.2, 0) is 9.59 Å². The van der Waals surface area contributed by atoms with E-state index in [0.717, 1.165) is 0 Å². The number of carboxylic acids is 2. The molecule has 0 aromatic heterocycles. The molecule has 0 unspecified atom stereocenters. The summed E-state index contributed by atoms with van der Waals surface area (Å²) < 4.78 is 0. The molecule has 0 heterocycles. The molecule has 13 heavy (non-hydrogen) atoms. The first-order chi connectivity index (χ1) is 6.09. The summed E-state index contributed by atoms with van der Waals surface area (Å²) in [6, 6.07) is 0. The molecule has 1 rings (SSSR count). The lowest BCUT2D eigenvalue weighted by Crippen LogP contribution is -2.36. The molecular formula is C9H16O4. The maximum absolute atomic E-state index is 10.6. The molecule has 0 amide bonds. The van der Waals surface area contributed by atoms with Crippen LogP contribution < -0.4 is 0 Å². The summed E-state index contributed by atoms with van der Waals surface area (Å²) in [6.45, 7) is 4.00. The van der Waals surface area contributed by atoms with Crippen LogP contribution in [0.4, 0.5) is 0 Å².